The largest absolute Gasteiger partial charge is 0.507 e. The molecule has 2 heterocycles. The Kier molecular flexibility index (Phi) is 8.57. The number of imidazole rings is 1. The molecule has 0 atom stereocenters. The van der Waals surface area contributed by atoms with E-state index in [0.29, 0.717) is 44.7 Å². The van der Waals surface area contributed by atoms with E-state index in [1.807, 2.05) is 152 Å². The quantitative estimate of drug-likeness (QED) is 0.154. The Morgan fingerprint density at radius 3 is 2.07 bits per heavy atom. The van der Waals surface area contributed by atoms with Crippen molar-refractivity contribution in [2.24, 2.45) is 0 Å². The van der Waals surface area contributed by atoms with Gasteiger partial charge in [0.15, 0.2) is 0 Å². The summed E-state index contributed by atoms with van der Waals surface area (Å²) in [6, 6.07) is 26.6. The Morgan fingerprint density at radius 2 is 1.41 bits per heavy atom. The van der Waals surface area contributed by atoms with Crippen molar-refractivity contribution in [3.63, 3.8) is 0 Å². The maximum atomic E-state index is 11.7. The molecule has 0 aliphatic heterocycles. The molecule has 0 amide bonds. The van der Waals surface area contributed by atoms with Gasteiger partial charge in [-0.25, -0.2) is 4.98 Å². The molecule has 0 aliphatic rings. The van der Waals surface area contributed by atoms with E-state index in [2.05, 4.69) is 11.1 Å². The number of fused-ring (bicyclic) bond motifs is 1. The van der Waals surface area contributed by atoms with E-state index in [4.69, 9.17) is 17.3 Å². The average molecular weight is 964 g/mol. The summed E-state index contributed by atoms with van der Waals surface area (Å²) < 4.78 is 89.2. The van der Waals surface area contributed by atoms with Crippen LogP contribution < -0.4 is 0 Å². The standard InChI is InChI=1S/C54H52N3O.Pt/c1-33(2)44-17-13-18-45(34(3)4)50(44)38-21-23-43(24-22-38)57-49-20-14-19-46(51(49)56-53(57)47-28-35(5)27-36(6)52(47)58)40-29-41(31-42(30-40)54(7,8)9)48-32-39(25-26-55-48)37-15-11-10-12-16-37;/h10-28,30-34,58H,1-9H3;/q-1;/i10D,11D,12D,15D,16D,25D,26D,32D,33D,34D;. The summed E-state index contributed by atoms with van der Waals surface area (Å²) in [7, 11) is 0. The summed E-state index contributed by atoms with van der Waals surface area (Å²) in [5, 5.41) is 11.7. The van der Waals surface area contributed by atoms with Crippen LogP contribution in [0.2, 0.25) is 0 Å². The molecule has 0 saturated heterocycles. The van der Waals surface area contributed by atoms with Crippen molar-refractivity contribution in [2.45, 2.75) is 79.5 Å². The fourth-order valence-corrected chi connectivity index (χ4v) is 7.58. The van der Waals surface area contributed by atoms with Crippen LogP contribution in [-0.4, -0.2) is 19.6 Å². The number of aryl methyl sites for hydroxylation is 2. The van der Waals surface area contributed by atoms with Gasteiger partial charge in [0.05, 0.1) is 27.6 Å². The van der Waals surface area contributed by atoms with Gasteiger partial charge in [-0.05, 0) is 106 Å². The molecular weight excluding hydrogens is 902 g/mol. The van der Waals surface area contributed by atoms with Crippen molar-refractivity contribution in [2.75, 3.05) is 0 Å². The molecule has 8 rings (SSSR count). The molecule has 5 heteroatoms. The summed E-state index contributed by atoms with van der Waals surface area (Å²) in [6.07, 6.45) is -0.537. The fourth-order valence-electron chi connectivity index (χ4n) is 7.58. The zero-order valence-corrected chi connectivity index (χ0v) is 37.0. The van der Waals surface area contributed by atoms with Gasteiger partial charge in [0.1, 0.15) is 11.6 Å². The van der Waals surface area contributed by atoms with Crippen LogP contribution in [0.3, 0.4) is 0 Å². The van der Waals surface area contributed by atoms with Crippen LogP contribution in [0.25, 0.3) is 72.7 Å². The van der Waals surface area contributed by atoms with Crippen LogP contribution in [0.1, 0.15) is 102 Å². The predicted octanol–water partition coefficient (Wildman–Crippen LogP) is 14.4. The van der Waals surface area contributed by atoms with E-state index in [1.54, 1.807) is 0 Å². The minimum Gasteiger partial charge on any atom is -0.507 e. The molecule has 6 aromatic carbocycles. The summed E-state index contributed by atoms with van der Waals surface area (Å²) in [5.41, 5.74) is 8.62. The van der Waals surface area contributed by atoms with Gasteiger partial charge in [-0.1, -0.05) is 144 Å². The van der Waals surface area contributed by atoms with Gasteiger partial charge in [-0.3, -0.25) is 9.55 Å². The molecule has 2 aromatic heterocycles. The van der Waals surface area contributed by atoms with Crippen molar-refractivity contribution in [3.8, 4) is 67.5 Å². The van der Waals surface area contributed by atoms with Crippen molar-refractivity contribution < 1.29 is 39.9 Å². The number of aromatic nitrogens is 3. The first kappa shape index (κ1) is 30.5. The van der Waals surface area contributed by atoms with Gasteiger partial charge in [0.25, 0.3) is 0 Å². The van der Waals surface area contributed by atoms with Crippen molar-refractivity contribution in [1.82, 2.24) is 14.5 Å². The molecule has 0 unspecified atom stereocenters. The molecule has 300 valence electrons. The van der Waals surface area contributed by atoms with Gasteiger partial charge in [-0.2, -0.15) is 0 Å². The predicted molar refractivity (Wildman–Crippen MR) is 243 cm³/mol. The van der Waals surface area contributed by atoms with E-state index in [-0.39, 0.29) is 49.7 Å². The van der Waals surface area contributed by atoms with Gasteiger partial charge in [0.2, 0.25) is 0 Å². The molecule has 0 saturated carbocycles. The third-order valence-corrected chi connectivity index (χ3v) is 10.5. The van der Waals surface area contributed by atoms with Crippen LogP contribution in [0.4, 0.5) is 0 Å². The molecule has 0 radical (unpaired) electrons. The van der Waals surface area contributed by atoms with E-state index in [1.165, 1.54) is 0 Å². The topological polar surface area (TPSA) is 50.9 Å². The number of phenolic OH excluding ortho intramolecular Hbond substituents is 1. The first-order valence-electron chi connectivity index (χ1n) is 24.4. The first-order chi connectivity index (χ1) is 31.7. The van der Waals surface area contributed by atoms with Crippen molar-refractivity contribution in [3.05, 3.63) is 167 Å². The van der Waals surface area contributed by atoms with E-state index >= 15 is 0 Å². The second kappa shape index (κ2) is 16.6. The second-order valence-corrected chi connectivity index (χ2v) is 16.3. The Balaban J connectivity index is 0.00000703. The van der Waals surface area contributed by atoms with Crippen LogP contribution in [-0.2, 0) is 26.5 Å². The summed E-state index contributed by atoms with van der Waals surface area (Å²) >= 11 is 0. The summed E-state index contributed by atoms with van der Waals surface area (Å²) in [5.74, 6) is -1.34. The zero-order valence-electron chi connectivity index (χ0n) is 44.7. The van der Waals surface area contributed by atoms with Gasteiger partial charge >= 0.3 is 0 Å². The van der Waals surface area contributed by atoms with Crippen molar-refractivity contribution in [1.29, 1.82) is 0 Å². The number of phenols is 1. The van der Waals surface area contributed by atoms with E-state index in [0.717, 1.165) is 39.1 Å². The van der Waals surface area contributed by atoms with Crippen LogP contribution in [0.5, 0.6) is 5.75 Å². The smallest absolute Gasteiger partial charge is 0.148 e. The number of rotatable bonds is 8. The first-order valence-corrected chi connectivity index (χ1v) is 19.4. The number of para-hydroxylation sites is 1. The van der Waals surface area contributed by atoms with E-state index < -0.39 is 59.6 Å². The monoisotopic (exact) mass is 963 g/mol. The molecule has 1 N–H and O–H groups in total. The molecule has 4 nitrogen and oxygen atoms in total. The number of aromatic hydroxyl groups is 1. The van der Waals surface area contributed by atoms with Crippen molar-refractivity contribution >= 4 is 11.0 Å². The van der Waals surface area contributed by atoms with Gasteiger partial charge in [0, 0.05) is 41.4 Å². The minimum atomic E-state index is -0.944. The number of hydrogen-bond acceptors (Lipinski definition) is 3. The number of pyridine rings is 1. The Morgan fingerprint density at radius 1 is 0.746 bits per heavy atom. The maximum absolute atomic E-state index is 11.7. The molecule has 8 aromatic rings. The molecule has 0 spiro atoms. The number of nitrogens with zero attached hydrogens (tertiary/aromatic N) is 3. The van der Waals surface area contributed by atoms with Gasteiger partial charge in [-0.15, -0.1) is 29.3 Å². The van der Waals surface area contributed by atoms with Crippen LogP contribution in [0.15, 0.2) is 133 Å². The Bertz CT molecular complexity index is 3300. The number of benzene rings is 6. The minimum absolute atomic E-state index is 0. The maximum Gasteiger partial charge on any atom is 0.148 e. The molecule has 0 bridgehead atoms. The summed E-state index contributed by atoms with van der Waals surface area (Å²) in [6.45, 7) is 17.3. The Labute approximate surface area is 378 Å². The molecule has 0 fully saturated rings. The number of hydrogen-bond donors (Lipinski definition) is 1. The van der Waals surface area contributed by atoms with Gasteiger partial charge < -0.3 is 5.11 Å². The molecular formula is C54H52N3OPt-. The normalized spacial score (nSPS) is 14.5. The second-order valence-electron chi connectivity index (χ2n) is 16.3. The SMILES string of the molecule is [2H]c1nc(-c2[c-]c(-c3cccc4c3nc(-c3cc(C)cc(C)c3O)n4-c3ccc(-c4c(C([2H])(C)C)cccc4C([2H])(C)C)cc3)cc(C(C)(C)C)c2)c([2H])c(-c2c([2H])c([2H])c([2H])c([2H])c2[2H])c1[2H].[Pt]. The average Bonchev–Trinajstić information content (AvgIpc) is 3.67. The fraction of sp³-hybridized carbons (Fsp3) is 0.222. The van der Waals surface area contributed by atoms with E-state index in [9.17, 15) is 6.48 Å². The van der Waals surface area contributed by atoms with Crippen LogP contribution in [0, 0.1) is 19.9 Å². The third kappa shape index (κ3) is 8.08. The Hall–Kier alpha value is -5.57. The van der Waals surface area contributed by atoms with Crippen LogP contribution >= 0.6 is 0 Å². The third-order valence-electron chi connectivity index (χ3n) is 10.5. The summed E-state index contributed by atoms with van der Waals surface area (Å²) in [4.78, 5) is 9.72. The molecule has 0 aliphatic carbocycles. The molecule has 59 heavy (non-hydrogen) atoms. The zero-order chi connectivity index (χ0) is 49.7.